The molecule has 0 spiro atoms. The van der Waals surface area contributed by atoms with Gasteiger partial charge in [-0.25, -0.2) is 13.1 Å². The van der Waals surface area contributed by atoms with Gasteiger partial charge in [-0.15, -0.1) is 0 Å². The van der Waals surface area contributed by atoms with Crippen LogP contribution in [0.4, 0.5) is 5.69 Å². The molecule has 0 amide bonds. The second-order valence-corrected chi connectivity index (χ2v) is 9.14. The van der Waals surface area contributed by atoms with Gasteiger partial charge in [0.05, 0.1) is 4.90 Å². The Morgan fingerprint density at radius 2 is 1.67 bits per heavy atom. The van der Waals surface area contributed by atoms with E-state index in [1.807, 2.05) is 24.3 Å². The Morgan fingerprint density at radius 3 is 2.33 bits per heavy atom. The molecule has 1 saturated heterocycles. The minimum absolute atomic E-state index is 0.238. The van der Waals surface area contributed by atoms with Crippen LogP contribution in [0.1, 0.15) is 5.56 Å². The maximum atomic E-state index is 12.5. The Kier molecular flexibility index (Phi) is 6.65. The van der Waals surface area contributed by atoms with Crippen LogP contribution < -0.4 is 9.62 Å². The second-order valence-electron chi connectivity index (χ2n) is 6.57. The Hall–Kier alpha value is -1.31. The van der Waals surface area contributed by atoms with Gasteiger partial charge in [-0.2, -0.15) is 0 Å². The van der Waals surface area contributed by atoms with Crippen molar-refractivity contribution in [3.8, 4) is 0 Å². The number of nitrogens with zero attached hydrogens (tertiary/aromatic N) is 2. The monoisotopic (exact) mass is 427 g/mol. The zero-order valence-corrected chi connectivity index (χ0v) is 17.5. The van der Waals surface area contributed by atoms with E-state index < -0.39 is 10.0 Å². The van der Waals surface area contributed by atoms with Gasteiger partial charge in [0.25, 0.3) is 0 Å². The Labute approximate surface area is 170 Å². The highest BCUT2D eigenvalue weighted by Crippen LogP contribution is 2.22. The summed E-state index contributed by atoms with van der Waals surface area (Å²) in [6.07, 6.45) is 0. The summed E-state index contributed by atoms with van der Waals surface area (Å²) in [5.74, 6) is 0. The maximum absolute atomic E-state index is 12.5. The summed E-state index contributed by atoms with van der Waals surface area (Å²) in [6, 6.07) is 12.8. The molecule has 27 heavy (non-hydrogen) atoms. The van der Waals surface area contributed by atoms with Crippen LogP contribution in [0.2, 0.25) is 10.0 Å². The molecule has 1 aliphatic heterocycles. The number of rotatable bonds is 6. The first-order valence-corrected chi connectivity index (χ1v) is 11.1. The number of hydrogen-bond acceptors (Lipinski definition) is 4. The first-order valence-electron chi connectivity index (χ1n) is 8.84. The Morgan fingerprint density at radius 1 is 1.00 bits per heavy atom. The van der Waals surface area contributed by atoms with Crippen LogP contribution in [0.15, 0.2) is 47.4 Å². The largest absolute Gasteiger partial charge is 0.369 e. The molecule has 0 saturated carbocycles. The predicted octanol–water partition coefficient (Wildman–Crippen LogP) is 3.40. The zero-order chi connectivity index (χ0) is 19.4. The molecule has 1 N–H and O–H groups in total. The zero-order valence-electron chi connectivity index (χ0n) is 15.2. The van der Waals surface area contributed by atoms with Crippen LogP contribution in [-0.4, -0.2) is 52.6 Å². The minimum Gasteiger partial charge on any atom is -0.369 e. The molecule has 0 aromatic heterocycles. The van der Waals surface area contributed by atoms with Gasteiger partial charge in [0, 0.05) is 55.0 Å². The van der Waals surface area contributed by atoms with E-state index in [4.69, 9.17) is 23.2 Å². The van der Waals surface area contributed by atoms with Crippen LogP contribution in [0.5, 0.6) is 0 Å². The average Bonchev–Trinajstić information content (AvgIpc) is 2.65. The van der Waals surface area contributed by atoms with Gasteiger partial charge in [-0.1, -0.05) is 29.3 Å². The van der Waals surface area contributed by atoms with Crippen LogP contribution in [0.25, 0.3) is 0 Å². The van der Waals surface area contributed by atoms with E-state index in [1.54, 1.807) is 25.1 Å². The highest BCUT2D eigenvalue weighted by molar-refractivity contribution is 7.89. The molecule has 0 unspecified atom stereocenters. The number of piperazine rings is 1. The highest BCUT2D eigenvalue weighted by atomic mass is 35.5. The molecule has 0 radical (unpaired) electrons. The molecule has 1 aliphatic rings. The number of anilines is 1. The van der Waals surface area contributed by atoms with Gasteiger partial charge in [-0.3, -0.25) is 4.90 Å². The molecule has 146 valence electrons. The van der Waals surface area contributed by atoms with Crippen molar-refractivity contribution in [2.45, 2.75) is 11.8 Å². The molecule has 0 atom stereocenters. The maximum Gasteiger partial charge on any atom is 0.240 e. The van der Waals surface area contributed by atoms with Crippen LogP contribution in [-0.2, 0) is 10.0 Å². The number of halogens is 2. The molecule has 0 bridgehead atoms. The standard InChI is InChI=1S/C19H23Cl2N3O2S/c1-15-18(21)3-2-4-19(15)27(25,26)22-9-10-23-11-13-24(14-12-23)17-7-5-16(20)6-8-17/h2-8,22H,9-14H2,1H3. The van der Waals surface area contributed by atoms with Crippen LogP contribution >= 0.6 is 23.2 Å². The van der Waals surface area contributed by atoms with Crippen molar-refractivity contribution in [2.24, 2.45) is 0 Å². The third-order valence-electron chi connectivity index (χ3n) is 4.79. The smallest absolute Gasteiger partial charge is 0.240 e. The first kappa shape index (κ1) is 20.4. The number of nitrogens with one attached hydrogen (secondary N) is 1. The molecule has 5 nitrogen and oxygen atoms in total. The minimum atomic E-state index is -3.56. The fourth-order valence-corrected chi connectivity index (χ4v) is 4.82. The molecular weight excluding hydrogens is 405 g/mol. The van der Waals surface area contributed by atoms with Gasteiger partial charge in [0.1, 0.15) is 0 Å². The number of sulfonamides is 1. The molecule has 8 heteroatoms. The van der Waals surface area contributed by atoms with Crippen LogP contribution in [0.3, 0.4) is 0 Å². The number of benzene rings is 2. The molecule has 2 aromatic rings. The van der Waals surface area contributed by atoms with Gasteiger partial charge in [0.2, 0.25) is 10.0 Å². The van der Waals surface area contributed by atoms with Crippen molar-refractivity contribution in [3.63, 3.8) is 0 Å². The molecule has 1 heterocycles. The van der Waals surface area contributed by atoms with Crippen molar-refractivity contribution in [1.29, 1.82) is 0 Å². The molecule has 0 aliphatic carbocycles. The van der Waals surface area contributed by atoms with Crippen LogP contribution in [0, 0.1) is 6.92 Å². The Bertz CT molecular complexity index is 880. The van der Waals surface area contributed by atoms with E-state index in [1.165, 1.54) is 0 Å². The van der Waals surface area contributed by atoms with E-state index in [9.17, 15) is 8.42 Å². The fourth-order valence-electron chi connectivity index (χ4n) is 3.18. The average molecular weight is 428 g/mol. The normalized spacial score (nSPS) is 15.9. The lowest BCUT2D eigenvalue weighted by atomic mass is 10.2. The van der Waals surface area contributed by atoms with Gasteiger partial charge < -0.3 is 4.90 Å². The topological polar surface area (TPSA) is 52.7 Å². The summed E-state index contributed by atoms with van der Waals surface area (Å²) in [6.45, 7) is 6.35. The van der Waals surface area contributed by atoms with Gasteiger partial charge in [-0.05, 0) is 48.9 Å². The van der Waals surface area contributed by atoms with E-state index in [0.717, 1.165) is 36.9 Å². The van der Waals surface area contributed by atoms with Gasteiger partial charge >= 0.3 is 0 Å². The van der Waals surface area contributed by atoms with Crippen molar-refractivity contribution < 1.29 is 8.42 Å². The van der Waals surface area contributed by atoms with Crippen molar-refractivity contribution in [2.75, 3.05) is 44.2 Å². The highest BCUT2D eigenvalue weighted by Gasteiger charge is 2.20. The SMILES string of the molecule is Cc1c(Cl)cccc1S(=O)(=O)NCCN1CCN(c2ccc(Cl)cc2)CC1. The molecule has 2 aromatic carbocycles. The van der Waals surface area contributed by atoms with E-state index in [2.05, 4.69) is 14.5 Å². The quantitative estimate of drug-likeness (QED) is 0.767. The molecular formula is C19H23Cl2N3O2S. The summed E-state index contributed by atoms with van der Waals surface area (Å²) >= 11 is 12.0. The van der Waals surface area contributed by atoms with Crippen molar-refractivity contribution >= 4 is 38.9 Å². The summed E-state index contributed by atoms with van der Waals surface area (Å²) in [5.41, 5.74) is 1.74. The number of hydrogen-bond donors (Lipinski definition) is 1. The molecule has 1 fully saturated rings. The third kappa shape index (κ3) is 5.15. The van der Waals surface area contributed by atoms with E-state index in [-0.39, 0.29) is 4.90 Å². The first-order chi connectivity index (χ1) is 12.9. The van der Waals surface area contributed by atoms with Gasteiger partial charge in [0.15, 0.2) is 0 Å². The fraction of sp³-hybridized carbons (Fsp3) is 0.368. The summed E-state index contributed by atoms with van der Waals surface area (Å²) < 4.78 is 27.7. The lowest BCUT2D eigenvalue weighted by Crippen LogP contribution is -2.48. The lowest BCUT2D eigenvalue weighted by molar-refractivity contribution is 0.262. The van der Waals surface area contributed by atoms with Crippen molar-refractivity contribution in [1.82, 2.24) is 9.62 Å². The summed E-state index contributed by atoms with van der Waals surface area (Å²) in [4.78, 5) is 4.81. The van der Waals surface area contributed by atoms with Crippen molar-refractivity contribution in [3.05, 3.63) is 58.1 Å². The summed E-state index contributed by atoms with van der Waals surface area (Å²) in [5, 5.41) is 1.19. The Balaban J connectivity index is 1.49. The second kappa shape index (κ2) is 8.80. The van der Waals surface area contributed by atoms with E-state index in [0.29, 0.717) is 23.7 Å². The third-order valence-corrected chi connectivity index (χ3v) is 7.06. The lowest BCUT2D eigenvalue weighted by Gasteiger charge is -2.36. The van der Waals surface area contributed by atoms with E-state index >= 15 is 0 Å². The predicted molar refractivity (Wildman–Crippen MR) is 111 cm³/mol. The summed E-state index contributed by atoms with van der Waals surface area (Å²) in [7, 11) is -3.56. The molecule has 3 rings (SSSR count).